The normalized spacial score (nSPS) is 9.00. The Kier molecular flexibility index (Phi) is 12.2. The van der Waals surface area contributed by atoms with Gasteiger partial charge in [-0.15, -0.1) is 0 Å². The van der Waals surface area contributed by atoms with Gasteiger partial charge in [0, 0.05) is 12.2 Å². The van der Waals surface area contributed by atoms with Gasteiger partial charge in [-0.2, -0.15) is 5.26 Å². The van der Waals surface area contributed by atoms with Crippen LogP contribution in [-0.2, 0) is 10.7 Å². The van der Waals surface area contributed by atoms with Crippen LogP contribution in [0.3, 0.4) is 0 Å². The number of hydrogen-bond acceptors (Lipinski definition) is 3. The molecule has 72 valence electrons. The number of rotatable bonds is 3. The van der Waals surface area contributed by atoms with Crippen LogP contribution >= 0.6 is 0 Å². The lowest BCUT2D eigenvalue weighted by atomic mass is 10.1. The van der Waals surface area contributed by atoms with Crippen LogP contribution in [-0.4, -0.2) is 14.2 Å². The Balaban J connectivity index is 0. The SMILES string of the molecule is CC(C)CCC#N.CC[SH](=O)=O. The molecular weight excluding hydrogens is 174 g/mol. The van der Waals surface area contributed by atoms with E-state index in [1.807, 2.05) is 0 Å². The summed E-state index contributed by atoms with van der Waals surface area (Å²) in [7, 11) is -2.10. The second-order valence-electron chi connectivity index (χ2n) is 2.74. The van der Waals surface area contributed by atoms with Gasteiger partial charge in [0.25, 0.3) is 0 Å². The number of hydrogen-bond donors (Lipinski definition) is 1. The van der Waals surface area contributed by atoms with E-state index < -0.39 is 10.7 Å². The van der Waals surface area contributed by atoms with Gasteiger partial charge < -0.3 is 0 Å². The van der Waals surface area contributed by atoms with E-state index in [0.29, 0.717) is 12.3 Å². The Morgan fingerprint density at radius 3 is 1.92 bits per heavy atom. The van der Waals surface area contributed by atoms with E-state index in [0.717, 1.165) is 6.42 Å². The van der Waals surface area contributed by atoms with Crippen molar-refractivity contribution in [1.29, 1.82) is 5.26 Å². The first-order valence-corrected chi connectivity index (χ1v) is 5.39. The summed E-state index contributed by atoms with van der Waals surface area (Å²) in [5.74, 6) is 0.939. The lowest BCUT2D eigenvalue weighted by Gasteiger charge is -1.94. The lowest BCUT2D eigenvalue weighted by molar-refractivity contribution is 0.598. The van der Waals surface area contributed by atoms with Gasteiger partial charge in [-0.3, -0.25) is 0 Å². The highest BCUT2D eigenvalue weighted by molar-refractivity contribution is 7.72. The van der Waals surface area contributed by atoms with Crippen molar-refractivity contribution < 1.29 is 8.42 Å². The van der Waals surface area contributed by atoms with E-state index in [1.165, 1.54) is 0 Å². The minimum atomic E-state index is -2.10. The molecule has 0 aliphatic heterocycles. The second-order valence-corrected chi connectivity index (χ2v) is 4.04. The van der Waals surface area contributed by atoms with Crippen molar-refractivity contribution in [3.8, 4) is 6.07 Å². The van der Waals surface area contributed by atoms with Crippen LogP contribution in [0, 0.1) is 17.2 Å². The van der Waals surface area contributed by atoms with Crippen LogP contribution in [0.2, 0.25) is 0 Å². The Hall–Kier alpha value is -0.560. The van der Waals surface area contributed by atoms with Crippen molar-refractivity contribution in [2.45, 2.75) is 33.6 Å². The molecule has 0 spiro atoms. The Labute approximate surface area is 76.3 Å². The second kappa shape index (κ2) is 10.4. The lowest BCUT2D eigenvalue weighted by Crippen LogP contribution is -1.82. The van der Waals surface area contributed by atoms with Crippen molar-refractivity contribution in [2.75, 3.05) is 5.75 Å². The third kappa shape index (κ3) is 22.7. The van der Waals surface area contributed by atoms with Crippen LogP contribution in [0.5, 0.6) is 0 Å². The third-order valence-corrected chi connectivity index (χ3v) is 1.61. The summed E-state index contributed by atoms with van der Waals surface area (Å²) in [6.07, 6.45) is 1.74. The Morgan fingerprint density at radius 1 is 1.42 bits per heavy atom. The average molecular weight is 191 g/mol. The molecule has 0 aromatic rings. The van der Waals surface area contributed by atoms with Gasteiger partial charge in [0.15, 0.2) is 0 Å². The van der Waals surface area contributed by atoms with Gasteiger partial charge in [-0.05, 0) is 12.3 Å². The topological polar surface area (TPSA) is 57.9 Å². The molecule has 12 heavy (non-hydrogen) atoms. The summed E-state index contributed by atoms with van der Waals surface area (Å²) in [4.78, 5) is 0. The van der Waals surface area contributed by atoms with Crippen LogP contribution < -0.4 is 0 Å². The van der Waals surface area contributed by atoms with Gasteiger partial charge in [0.05, 0.1) is 6.07 Å². The van der Waals surface area contributed by atoms with Crippen LogP contribution in [0.15, 0.2) is 0 Å². The largest absolute Gasteiger partial charge is 0.232 e. The molecule has 0 rings (SSSR count). The quantitative estimate of drug-likeness (QED) is 0.689. The summed E-state index contributed by atoms with van der Waals surface area (Å²) < 4.78 is 18.8. The summed E-state index contributed by atoms with van der Waals surface area (Å²) in [6, 6.07) is 2.10. The maximum atomic E-state index is 9.41. The molecule has 0 radical (unpaired) electrons. The molecule has 0 heterocycles. The van der Waals surface area contributed by atoms with Crippen molar-refractivity contribution >= 4 is 10.7 Å². The molecule has 0 fully saturated rings. The number of nitrogens with zero attached hydrogens (tertiary/aromatic N) is 1. The van der Waals surface area contributed by atoms with Crippen molar-refractivity contribution in [3.05, 3.63) is 0 Å². The van der Waals surface area contributed by atoms with E-state index in [2.05, 4.69) is 19.9 Å². The van der Waals surface area contributed by atoms with Crippen molar-refractivity contribution in [3.63, 3.8) is 0 Å². The molecule has 0 bridgehead atoms. The highest BCUT2D eigenvalue weighted by Gasteiger charge is 1.88. The summed E-state index contributed by atoms with van der Waals surface area (Å²) in [5.41, 5.74) is 0. The predicted octanol–water partition coefficient (Wildman–Crippen LogP) is 1.56. The summed E-state index contributed by atoms with van der Waals surface area (Å²) in [6.45, 7) is 5.85. The average Bonchev–Trinajstić information content (AvgIpc) is 2.02. The molecule has 0 aromatic carbocycles. The van der Waals surface area contributed by atoms with Crippen molar-refractivity contribution in [2.24, 2.45) is 5.92 Å². The van der Waals surface area contributed by atoms with Crippen LogP contribution in [0.25, 0.3) is 0 Å². The highest BCUT2D eigenvalue weighted by Crippen LogP contribution is 2.00. The van der Waals surface area contributed by atoms with Gasteiger partial charge in [-0.25, -0.2) is 8.42 Å². The Bertz CT molecular complexity index is 184. The molecule has 0 unspecified atom stereocenters. The van der Waals surface area contributed by atoms with Crippen LogP contribution in [0.1, 0.15) is 33.6 Å². The predicted molar refractivity (Wildman–Crippen MR) is 50.5 cm³/mol. The van der Waals surface area contributed by atoms with Crippen LogP contribution in [0.4, 0.5) is 0 Å². The first-order chi connectivity index (χ1) is 5.54. The van der Waals surface area contributed by atoms with Gasteiger partial charge >= 0.3 is 0 Å². The van der Waals surface area contributed by atoms with Gasteiger partial charge in [0.1, 0.15) is 10.7 Å². The first-order valence-electron chi connectivity index (χ1n) is 4.03. The number of thiol groups is 1. The molecule has 0 N–H and O–H groups in total. The molecule has 0 atom stereocenters. The maximum absolute atomic E-state index is 9.41. The monoisotopic (exact) mass is 191 g/mol. The van der Waals surface area contributed by atoms with E-state index >= 15 is 0 Å². The fourth-order valence-corrected chi connectivity index (χ4v) is 0.353. The molecule has 4 heteroatoms. The number of nitriles is 1. The first kappa shape index (κ1) is 14.0. The summed E-state index contributed by atoms with van der Waals surface area (Å²) in [5, 5.41) is 8.07. The van der Waals surface area contributed by atoms with E-state index in [1.54, 1.807) is 6.92 Å². The van der Waals surface area contributed by atoms with Crippen molar-refractivity contribution in [1.82, 2.24) is 0 Å². The molecule has 0 amide bonds. The molecule has 0 aromatic heterocycles. The van der Waals surface area contributed by atoms with Gasteiger partial charge in [-0.1, -0.05) is 20.8 Å². The van der Waals surface area contributed by atoms with Gasteiger partial charge in [0.2, 0.25) is 0 Å². The zero-order valence-corrected chi connectivity index (χ0v) is 8.80. The fraction of sp³-hybridized carbons (Fsp3) is 0.875. The molecule has 3 nitrogen and oxygen atoms in total. The molecular formula is C8H17NO2S. The van der Waals surface area contributed by atoms with E-state index in [-0.39, 0.29) is 5.75 Å². The third-order valence-electron chi connectivity index (χ3n) is 1.09. The summed E-state index contributed by atoms with van der Waals surface area (Å²) >= 11 is 0. The zero-order valence-electron chi connectivity index (χ0n) is 7.91. The highest BCUT2D eigenvalue weighted by atomic mass is 32.2. The molecule has 0 aliphatic rings. The smallest absolute Gasteiger partial charge is 0.139 e. The Morgan fingerprint density at radius 2 is 1.83 bits per heavy atom. The molecule has 0 saturated heterocycles. The molecule has 0 aliphatic carbocycles. The van der Waals surface area contributed by atoms with E-state index in [4.69, 9.17) is 5.26 Å². The molecule has 0 saturated carbocycles. The maximum Gasteiger partial charge on any atom is 0.139 e. The standard InChI is InChI=1S/C6H11N.C2H6O2S/c1-6(2)4-3-5-7;1-2-5(3)4/h6H,3-4H2,1-2H3;5H,2H2,1H3. The van der Waals surface area contributed by atoms with E-state index in [9.17, 15) is 8.42 Å². The minimum absolute atomic E-state index is 0.259. The minimum Gasteiger partial charge on any atom is -0.232 e. The fourth-order valence-electron chi connectivity index (χ4n) is 0.353. The zero-order chi connectivity index (χ0) is 9.98.